The zero-order chi connectivity index (χ0) is 17.3. The number of nitrogens with zero attached hydrogens (tertiary/aromatic N) is 1. The summed E-state index contributed by atoms with van der Waals surface area (Å²) in [5.41, 5.74) is 0.618. The second-order valence-corrected chi connectivity index (χ2v) is 5.76. The molecule has 126 valence electrons. The Balaban J connectivity index is 1.91. The Morgan fingerprint density at radius 1 is 1.21 bits per heavy atom. The molecule has 1 heterocycles. The molecule has 1 N–H and O–H groups in total. The lowest BCUT2D eigenvalue weighted by molar-refractivity contribution is 0.0711. The van der Waals surface area contributed by atoms with Crippen LogP contribution in [0.5, 0.6) is 5.75 Å². The summed E-state index contributed by atoms with van der Waals surface area (Å²) in [5, 5.41) is 9.95. The number of β-amino-alcohol motifs (C(OH)–C–C–N with tert-alkyl or cyclic N) is 1. The van der Waals surface area contributed by atoms with E-state index in [9.17, 15) is 18.7 Å². The average molecular weight is 333 g/mol. The number of likely N-dealkylation sites (tertiary alicyclic amines) is 1. The fourth-order valence-electron chi connectivity index (χ4n) is 2.99. The number of halogens is 2. The number of hydrogen-bond donors (Lipinski definition) is 1. The second kappa shape index (κ2) is 6.57. The molecule has 0 spiro atoms. The van der Waals surface area contributed by atoms with E-state index >= 15 is 0 Å². The molecule has 0 aromatic heterocycles. The Morgan fingerprint density at radius 3 is 2.54 bits per heavy atom. The molecule has 3 rings (SSSR count). The summed E-state index contributed by atoms with van der Waals surface area (Å²) in [6.45, 7) is 0.104. The molecule has 0 aliphatic carbocycles. The molecule has 2 aromatic carbocycles. The maximum Gasteiger partial charge on any atom is 0.257 e. The van der Waals surface area contributed by atoms with Gasteiger partial charge in [0.25, 0.3) is 5.91 Å². The van der Waals surface area contributed by atoms with Crippen LogP contribution in [0.15, 0.2) is 42.5 Å². The molecule has 24 heavy (non-hydrogen) atoms. The number of rotatable bonds is 3. The van der Waals surface area contributed by atoms with Crippen LogP contribution >= 0.6 is 0 Å². The van der Waals surface area contributed by atoms with Crippen LogP contribution < -0.4 is 4.74 Å². The molecular formula is C18H17F2NO3. The smallest absolute Gasteiger partial charge is 0.257 e. The predicted molar refractivity (Wildman–Crippen MR) is 83.8 cm³/mol. The summed E-state index contributed by atoms with van der Waals surface area (Å²) in [5.74, 6) is -1.25. The van der Waals surface area contributed by atoms with Gasteiger partial charge < -0.3 is 14.7 Å². The zero-order valence-corrected chi connectivity index (χ0v) is 13.1. The van der Waals surface area contributed by atoms with Crippen molar-refractivity contribution in [2.75, 3.05) is 13.7 Å². The summed E-state index contributed by atoms with van der Waals surface area (Å²) in [6, 6.07) is 9.35. The maximum atomic E-state index is 14.2. The molecule has 4 nitrogen and oxygen atoms in total. The summed E-state index contributed by atoms with van der Waals surface area (Å²) in [6.07, 6.45) is -0.375. The molecule has 2 atom stereocenters. The van der Waals surface area contributed by atoms with Gasteiger partial charge in [-0.3, -0.25) is 4.79 Å². The zero-order valence-electron chi connectivity index (χ0n) is 13.1. The van der Waals surface area contributed by atoms with E-state index < -0.39 is 23.9 Å². The number of amides is 1. The number of methoxy groups -OCH3 is 1. The van der Waals surface area contributed by atoms with E-state index in [4.69, 9.17) is 4.74 Å². The van der Waals surface area contributed by atoms with Crippen molar-refractivity contribution in [3.8, 4) is 5.75 Å². The minimum absolute atomic E-state index is 0.0861. The van der Waals surface area contributed by atoms with Gasteiger partial charge in [0, 0.05) is 12.6 Å². The van der Waals surface area contributed by atoms with Crippen LogP contribution in [0.3, 0.4) is 0 Å². The van der Waals surface area contributed by atoms with E-state index in [0.717, 1.165) is 6.07 Å². The van der Waals surface area contributed by atoms with E-state index in [-0.39, 0.29) is 17.9 Å². The fourth-order valence-corrected chi connectivity index (χ4v) is 2.99. The minimum Gasteiger partial charge on any atom is -0.497 e. The van der Waals surface area contributed by atoms with Crippen LogP contribution in [0.4, 0.5) is 8.78 Å². The van der Waals surface area contributed by atoms with Gasteiger partial charge in [-0.1, -0.05) is 12.1 Å². The second-order valence-electron chi connectivity index (χ2n) is 5.76. The van der Waals surface area contributed by atoms with Crippen LogP contribution in [-0.4, -0.2) is 35.7 Å². The Labute approximate surface area is 138 Å². The highest BCUT2D eigenvalue weighted by molar-refractivity contribution is 5.95. The summed E-state index contributed by atoms with van der Waals surface area (Å²) < 4.78 is 32.2. The molecule has 2 aromatic rings. The summed E-state index contributed by atoms with van der Waals surface area (Å²) >= 11 is 0. The van der Waals surface area contributed by atoms with Crippen molar-refractivity contribution in [2.45, 2.75) is 18.6 Å². The molecule has 0 radical (unpaired) electrons. The highest BCUT2D eigenvalue weighted by Crippen LogP contribution is 2.34. The van der Waals surface area contributed by atoms with Crippen molar-refractivity contribution < 1.29 is 23.4 Å². The molecule has 1 aliphatic rings. The molecule has 1 fully saturated rings. The van der Waals surface area contributed by atoms with Crippen molar-refractivity contribution in [3.63, 3.8) is 0 Å². The Kier molecular flexibility index (Phi) is 4.49. The molecular weight excluding hydrogens is 316 g/mol. The number of ether oxygens (including phenoxy) is 1. The van der Waals surface area contributed by atoms with Gasteiger partial charge in [-0.25, -0.2) is 8.78 Å². The van der Waals surface area contributed by atoms with E-state index in [1.807, 2.05) is 0 Å². The van der Waals surface area contributed by atoms with Crippen molar-refractivity contribution in [1.82, 2.24) is 4.90 Å². The molecule has 1 amide bonds. The molecule has 1 aliphatic heterocycles. The highest BCUT2D eigenvalue weighted by Gasteiger charge is 2.36. The fraction of sp³-hybridized carbons (Fsp3) is 0.278. The number of carbonyl (C=O) groups is 1. The topological polar surface area (TPSA) is 49.8 Å². The monoisotopic (exact) mass is 333 g/mol. The van der Waals surface area contributed by atoms with Crippen LogP contribution in [0.2, 0.25) is 0 Å². The third-order valence-electron chi connectivity index (χ3n) is 4.20. The normalized spacial score (nSPS) is 20.2. The number of aliphatic hydroxyl groups excluding tert-OH is 1. The lowest BCUT2D eigenvalue weighted by Gasteiger charge is -2.25. The predicted octanol–water partition coefficient (Wildman–Crippen LogP) is 2.92. The standard InChI is InChI=1S/C18H17F2NO3/c1-24-14-6-7-15(16(20)9-14)18(23)21-10-13(22)8-17(21)11-2-4-12(19)5-3-11/h2-7,9,13,17,22H,8,10H2,1H3/t13-,17-/m0/s1. The van der Waals surface area contributed by atoms with Gasteiger partial charge >= 0.3 is 0 Å². The van der Waals surface area contributed by atoms with Crippen molar-refractivity contribution >= 4 is 5.91 Å². The third kappa shape index (κ3) is 3.10. The third-order valence-corrected chi connectivity index (χ3v) is 4.20. The first-order chi connectivity index (χ1) is 11.5. The van der Waals surface area contributed by atoms with Crippen molar-refractivity contribution in [3.05, 3.63) is 65.2 Å². The van der Waals surface area contributed by atoms with E-state index in [0.29, 0.717) is 17.7 Å². The first kappa shape index (κ1) is 16.4. The maximum absolute atomic E-state index is 14.2. The summed E-state index contributed by atoms with van der Waals surface area (Å²) in [4.78, 5) is 14.1. The van der Waals surface area contributed by atoms with Crippen molar-refractivity contribution in [2.24, 2.45) is 0 Å². The van der Waals surface area contributed by atoms with Gasteiger partial charge in [-0.2, -0.15) is 0 Å². The van der Waals surface area contributed by atoms with Gasteiger partial charge in [0.05, 0.1) is 24.8 Å². The van der Waals surface area contributed by atoms with Gasteiger partial charge in [0.2, 0.25) is 0 Å². The number of carbonyl (C=O) groups excluding carboxylic acids is 1. The van der Waals surface area contributed by atoms with E-state index in [1.165, 1.54) is 36.3 Å². The van der Waals surface area contributed by atoms with Gasteiger partial charge in [-0.15, -0.1) is 0 Å². The van der Waals surface area contributed by atoms with Crippen molar-refractivity contribution in [1.29, 1.82) is 0 Å². The quantitative estimate of drug-likeness (QED) is 0.940. The SMILES string of the molecule is COc1ccc(C(=O)N2C[C@@H](O)C[C@H]2c2ccc(F)cc2)c(F)c1. The van der Waals surface area contributed by atoms with Gasteiger partial charge in [0.15, 0.2) is 0 Å². The lowest BCUT2D eigenvalue weighted by Crippen LogP contribution is -2.32. The van der Waals surface area contributed by atoms with Gasteiger partial charge in [0.1, 0.15) is 17.4 Å². The number of benzene rings is 2. The molecule has 0 unspecified atom stereocenters. The van der Waals surface area contributed by atoms with E-state index in [1.54, 1.807) is 12.1 Å². The first-order valence-electron chi connectivity index (χ1n) is 7.57. The Bertz CT molecular complexity index is 748. The molecule has 1 saturated heterocycles. The first-order valence-corrected chi connectivity index (χ1v) is 7.57. The van der Waals surface area contributed by atoms with Crippen LogP contribution in [-0.2, 0) is 0 Å². The van der Waals surface area contributed by atoms with E-state index in [2.05, 4.69) is 0 Å². The van der Waals surface area contributed by atoms with Crippen LogP contribution in [0, 0.1) is 11.6 Å². The molecule has 0 bridgehead atoms. The number of hydrogen-bond acceptors (Lipinski definition) is 3. The minimum atomic E-state index is -0.703. The number of aliphatic hydroxyl groups is 1. The molecule has 6 heteroatoms. The van der Waals surface area contributed by atoms with Crippen LogP contribution in [0.25, 0.3) is 0 Å². The lowest BCUT2D eigenvalue weighted by atomic mass is 10.0. The average Bonchev–Trinajstić information content (AvgIpc) is 2.96. The molecule has 0 saturated carbocycles. The Hall–Kier alpha value is -2.47. The van der Waals surface area contributed by atoms with Gasteiger partial charge in [-0.05, 0) is 36.2 Å². The largest absolute Gasteiger partial charge is 0.497 e. The van der Waals surface area contributed by atoms with Crippen LogP contribution in [0.1, 0.15) is 28.4 Å². The highest BCUT2D eigenvalue weighted by atomic mass is 19.1. The summed E-state index contributed by atoms with van der Waals surface area (Å²) in [7, 11) is 1.41. The Morgan fingerprint density at radius 2 is 1.92 bits per heavy atom.